The summed E-state index contributed by atoms with van der Waals surface area (Å²) >= 11 is 6.04. The van der Waals surface area contributed by atoms with Gasteiger partial charge in [0.25, 0.3) is 0 Å². The number of halogens is 1. The molecule has 0 unspecified atom stereocenters. The molecule has 2 aromatic carbocycles. The van der Waals surface area contributed by atoms with Crippen LogP contribution in [0.5, 0.6) is 0 Å². The summed E-state index contributed by atoms with van der Waals surface area (Å²) in [6.07, 6.45) is 0. The zero-order valence-electron chi connectivity index (χ0n) is 8.20. The van der Waals surface area contributed by atoms with E-state index in [0.717, 1.165) is 22.8 Å². The van der Waals surface area contributed by atoms with E-state index >= 15 is 0 Å². The van der Waals surface area contributed by atoms with Gasteiger partial charge in [0, 0.05) is 17.3 Å². The average molecular weight is 217 g/mol. The third-order valence-corrected chi connectivity index (χ3v) is 2.53. The SMILES string of the molecule is Clc1ccccc1CNc1cc[c]cc1. The molecule has 0 amide bonds. The van der Waals surface area contributed by atoms with Crippen molar-refractivity contribution >= 4 is 17.3 Å². The second-order valence-corrected chi connectivity index (χ2v) is 3.64. The molecule has 0 saturated heterocycles. The summed E-state index contributed by atoms with van der Waals surface area (Å²) in [6, 6.07) is 18.5. The third-order valence-electron chi connectivity index (χ3n) is 2.16. The average Bonchev–Trinajstić information content (AvgIpc) is 2.29. The second kappa shape index (κ2) is 4.85. The topological polar surface area (TPSA) is 12.0 Å². The van der Waals surface area contributed by atoms with Crippen molar-refractivity contribution in [1.82, 2.24) is 0 Å². The first-order valence-electron chi connectivity index (χ1n) is 4.79. The fourth-order valence-corrected chi connectivity index (χ4v) is 1.55. The highest BCUT2D eigenvalue weighted by Gasteiger charge is 1.97. The minimum Gasteiger partial charge on any atom is -0.381 e. The maximum atomic E-state index is 6.04. The highest BCUT2D eigenvalue weighted by molar-refractivity contribution is 6.31. The fraction of sp³-hybridized carbons (Fsp3) is 0.0769. The summed E-state index contributed by atoms with van der Waals surface area (Å²) in [5.74, 6) is 0. The van der Waals surface area contributed by atoms with E-state index in [1.54, 1.807) is 0 Å². The van der Waals surface area contributed by atoms with Crippen molar-refractivity contribution in [3.05, 3.63) is 65.2 Å². The molecule has 0 aliphatic carbocycles. The lowest BCUT2D eigenvalue weighted by Gasteiger charge is -2.07. The van der Waals surface area contributed by atoms with E-state index in [0.29, 0.717) is 0 Å². The van der Waals surface area contributed by atoms with Crippen LogP contribution in [-0.4, -0.2) is 0 Å². The Morgan fingerprint density at radius 3 is 2.53 bits per heavy atom. The molecular weight excluding hydrogens is 206 g/mol. The third kappa shape index (κ3) is 2.74. The Labute approximate surface area is 94.7 Å². The van der Waals surface area contributed by atoms with E-state index in [4.69, 9.17) is 11.6 Å². The smallest absolute Gasteiger partial charge is 0.0455 e. The van der Waals surface area contributed by atoms with Gasteiger partial charge in [-0.25, -0.2) is 0 Å². The van der Waals surface area contributed by atoms with Gasteiger partial charge < -0.3 is 5.32 Å². The largest absolute Gasteiger partial charge is 0.381 e. The van der Waals surface area contributed by atoms with Crippen molar-refractivity contribution in [2.24, 2.45) is 0 Å². The van der Waals surface area contributed by atoms with Crippen molar-refractivity contribution in [3.63, 3.8) is 0 Å². The van der Waals surface area contributed by atoms with Crippen LogP contribution in [0.15, 0.2) is 48.5 Å². The molecule has 0 aliphatic rings. The molecule has 1 N–H and O–H groups in total. The van der Waals surface area contributed by atoms with Crippen molar-refractivity contribution in [3.8, 4) is 0 Å². The molecule has 0 atom stereocenters. The first kappa shape index (κ1) is 10.1. The molecule has 15 heavy (non-hydrogen) atoms. The van der Waals surface area contributed by atoms with Crippen LogP contribution in [0.25, 0.3) is 0 Å². The summed E-state index contributed by atoms with van der Waals surface area (Å²) in [6.45, 7) is 0.740. The summed E-state index contributed by atoms with van der Waals surface area (Å²) in [5, 5.41) is 4.10. The predicted octanol–water partition coefficient (Wildman–Crippen LogP) is 3.75. The highest BCUT2D eigenvalue weighted by atomic mass is 35.5. The monoisotopic (exact) mass is 216 g/mol. The minimum absolute atomic E-state index is 0.740. The Balaban J connectivity index is 2.03. The van der Waals surface area contributed by atoms with Crippen LogP contribution < -0.4 is 5.32 Å². The van der Waals surface area contributed by atoms with Crippen LogP contribution >= 0.6 is 11.6 Å². The van der Waals surface area contributed by atoms with Crippen LogP contribution in [0.3, 0.4) is 0 Å². The van der Waals surface area contributed by atoms with Crippen LogP contribution in [0.1, 0.15) is 5.56 Å². The lowest BCUT2D eigenvalue weighted by atomic mass is 10.2. The van der Waals surface area contributed by atoms with E-state index in [2.05, 4.69) is 11.4 Å². The molecule has 2 heteroatoms. The number of anilines is 1. The molecule has 0 fully saturated rings. The molecule has 0 bridgehead atoms. The van der Waals surface area contributed by atoms with Gasteiger partial charge in [0.15, 0.2) is 0 Å². The van der Waals surface area contributed by atoms with Gasteiger partial charge in [0.2, 0.25) is 0 Å². The highest BCUT2D eigenvalue weighted by Crippen LogP contribution is 2.16. The Bertz CT molecular complexity index is 426. The lowest BCUT2D eigenvalue weighted by molar-refractivity contribution is 1.15. The number of benzene rings is 2. The van der Waals surface area contributed by atoms with Crippen molar-refractivity contribution in [1.29, 1.82) is 0 Å². The van der Waals surface area contributed by atoms with E-state index in [9.17, 15) is 0 Å². The number of hydrogen-bond donors (Lipinski definition) is 1. The molecule has 0 spiro atoms. The van der Waals surface area contributed by atoms with Gasteiger partial charge in [-0.1, -0.05) is 41.9 Å². The summed E-state index contributed by atoms with van der Waals surface area (Å²) in [5.41, 5.74) is 2.18. The fourth-order valence-electron chi connectivity index (χ4n) is 1.34. The van der Waals surface area contributed by atoms with E-state index in [-0.39, 0.29) is 0 Å². The lowest BCUT2D eigenvalue weighted by Crippen LogP contribution is -1.99. The Morgan fingerprint density at radius 1 is 1.07 bits per heavy atom. The van der Waals surface area contributed by atoms with Crippen molar-refractivity contribution in [2.75, 3.05) is 5.32 Å². The summed E-state index contributed by atoms with van der Waals surface area (Å²) in [4.78, 5) is 0. The molecule has 1 nitrogen and oxygen atoms in total. The number of nitrogens with one attached hydrogen (secondary N) is 1. The Hall–Kier alpha value is -1.47. The van der Waals surface area contributed by atoms with Gasteiger partial charge in [0.1, 0.15) is 0 Å². The number of hydrogen-bond acceptors (Lipinski definition) is 1. The molecule has 0 saturated carbocycles. The molecule has 1 radical (unpaired) electrons. The summed E-state index contributed by atoms with van der Waals surface area (Å²) < 4.78 is 0. The van der Waals surface area contributed by atoms with Gasteiger partial charge in [-0.15, -0.1) is 0 Å². The van der Waals surface area contributed by atoms with Crippen LogP contribution in [0.2, 0.25) is 5.02 Å². The molecular formula is C13H11ClN. The maximum absolute atomic E-state index is 6.04. The normalized spacial score (nSPS) is 9.93. The van der Waals surface area contributed by atoms with Crippen LogP contribution in [0, 0.1) is 6.07 Å². The Kier molecular flexibility index (Phi) is 3.25. The summed E-state index contributed by atoms with van der Waals surface area (Å²) in [7, 11) is 0. The zero-order valence-corrected chi connectivity index (χ0v) is 8.96. The second-order valence-electron chi connectivity index (χ2n) is 3.23. The minimum atomic E-state index is 0.740. The standard InChI is InChI=1S/C13H11ClN/c14-13-9-5-4-6-11(13)10-15-12-7-2-1-3-8-12/h2-9,15H,10H2. The van der Waals surface area contributed by atoms with Crippen LogP contribution in [-0.2, 0) is 6.54 Å². The first-order valence-corrected chi connectivity index (χ1v) is 5.17. The molecule has 75 valence electrons. The zero-order chi connectivity index (χ0) is 10.5. The maximum Gasteiger partial charge on any atom is 0.0455 e. The predicted molar refractivity (Wildman–Crippen MR) is 64.1 cm³/mol. The number of rotatable bonds is 3. The quantitative estimate of drug-likeness (QED) is 0.824. The van der Waals surface area contributed by atoms with Crippen LogP contribution in [0.4, 0.5) is 5.69 Å². The van der Waals surface area contributed by atoms with Gasteiger partial charge in [0.05, 0.1) is 0 Å². The molecule has 2 rings (SSSR count). The molecule has 2 aromatic rings. The van der Waals surface area contributed by atoms with Gasteiger partial charge >= 0.3 is 0 Å². The Morgan fingerprint density at radius 2 is 1.80 bits per heavy atom. The van der Waals surface area contributed by atoms with E-state index in [1.165, 1.54) is 0 Å². The van der Waals surface area contributed by atoms with Crippen molar-refractivity contribution < 1.29 is 0 Å². The van der Waals surface area contributed by atoms with Gasteiger partial charge in [-0.3, -0.25) is 0 Å². The molecule has 0 aromatic heterocycles. The van der Waals surface area contributed by atoms with E-state index < -0.39 is 0 Å². The van der Waals surface area contributed by atoms with Crippen molar-refractivity contribution in [2.45, 2.75) is 6.54 Å². The van der Waals surface area contributed by atoms with E-state index in [1.807, 2.05) is 48.5 Å². The molecule has 0 heterocycles. The molecule has 0 aliphatic heterocycles. The van der Waals surface area contributed by atoms with Gasteiger partial charge in [-0.2, -0.15) is 0 Å². The van der Waals surface area contributed by atoms with Gasteiger partial charge in [-0.05, 0) is 29.8 Å². The first-order chi connectivity index (χ1) is 7.36.